The molecule has 5 nitrogen and oxygen atoms in total. The van der Waals surface area contributed by atoms with Gasteiger partial charge in [0.15, 0.2) is 12.6 Å². The van der Waals surface area contributed by atoms with Crippen LogP contribution in [0.4, 0.5) is 11.4 Å². The normalized spacial score (nSPS) is 13.0. The fraction of sp³-hybridized carbons (Fsp3) is 0.222. The molecule has 138 valence electrons. The molecule has 0 aliphatic rings. The second kappa shape index (κ2) is 9.24. The average molecular weight is 416 g/mol. The number of hydrogen-bond acceptors (Lipinski definition) is 2. The van der Waals surface area contributed by atoms with E-state index in [0.29, 0.717) is 26.4 Å². The molecule has 2 aromatic rings. The van der Waals surface area contributed by atoms with Crippen molar-refractivity contribution in [3.05, 3.63) is 57.5 Å². The maximum absolute atomic E-state index is 12.3. The summed E-state index contributed by atoms with van der Waals surface area (Å²) in [5.41, 5.74) is 1.20. The van der Waals surface area contributed by atoms with Gasteiger partial charge >= 0.3 is 0 Å². The van der Waals surface area contributed by atoms with Crippen LogP contribution in [0.1, 0.15) is 6.92 Å². The highest BCUT2D eigenvalue weighted by Crippen LogP contribution is 2.24. The highest BCUT2D eigenvalue weighted by atomic mass is 35.5. The molecule has 1 unspecified atom stereocenters. The van der Waals surface area contributed by atoms with E-state index in [4.69, 9.17) is 34.8 Å². The first-order chi connectivity index (χ1) is 12.3. The number of rotatable bonds is 6. The first-order valence-electron chi connectivity index (χ1n) is 7.90. The Morgan fingerprint density at radius 1 is 0.962 bits per heavy atom. The highest BCUT2D eigenvalue weighted by Gasteiger charge is 2.24. The van der Waals surface area contributed by atoms with Crippen LogP contribution in [0.5, 0.6) is 0 Å². The summed E-state index contributed by atoms with van der Waals surface area (Å²) in [5, 5.41) is 6.92. The fourth-order valence-electron chi connectivity index (χ4n) is 2.19. The zero-order valence-electron chi connectivity index (χ0n) is 14.3. The summed E-state index contributed by atoms with van der Waals surface area (Å²) in [5.74, 6) is -0.417. The molecule has 0 aliphatic carbocycles. The quantitative estimate of drug-likeness (QED) is 0.679. The molecule has 26 heavy (non-hydrogen) atoms. The summed E-state index contributed by atoms with van der Waals surface area (Å²) >= 11 is 17.6. The third-order valence-corrected chi connectivity index (χ3v) is 4.88. The van der Waals surface area contributed by atoms with Gasteiger partial charge in [0.05, 0.1) is 17.1 Å². The van der Waals surface area contributed by atoms with Gasteiger partial charge < -0.3 is 15.5 Å². The van der Waals surface area contributed by atoms with Crippen LogP contribution in [0.15, 0.2) is 42.5 Å². The molecule has 2 amide bonds. The number of nitrogens with one attached hydrogen (secondary N) is 3. The van der Waals surface area contributed by atoms with Crippen molar-refractivity contribution in [2.75, 3.05) is 24.2 Å². The number of likely N-dealkylation sites (N-methyl/N-ethyl adjacent to an activating group) is 1. The number of anilines is 2. The van der Waals surface area contributed by atoms with Crippen molar-refractivity contribution in [3.8, 4) is 0 Å². The lowest BCUT2D eigenvalue weighted by molar-refractivity contribution is -0.885. The van der Waals surface area contributed by atoms with Gasteiger partial charge in [0.2, 0.25) is 0 Å². The standard InChI is InChI=1S/C18H18Cl3N3O2/c1-11(18(26)23-13-5-3-12(19)4-6-13)24(2)10-17(25)22-14-7-8-15(20)16(21)9-14/h3-9,11H,10H2,1-2H3,(H,22,25)(H,23,26)/p+1/t11-/m1/s1. The van der Waals surface area contributed by atoms with Crippen LogP contribution in [0, 0.1) is 0 Å². The van der Waals surface area contributed by atoms with Crippen molar-refractivity contribution < 1.29 is 14.5 Å². The maximum atomic E-state index is 12.3. The van der Waals surface area contributed by atoms with Gasteiger partial charge in [-0.2, -0.15) is 0 Å². The molecule has 0 aliphatic heterocycles. The van der Waals surface area contributed by atoms with E-state index in [1.807, 2.05) is 0 Å². The third kappa shape index (κ3) is 5.88. The number of quaternary nitrogens is 1. The minimum absolute atomic E-state index is 0.120. The smallest absolute Gasteiger partial charge is 0.282 e. The van der Waals surface area contributed by atoms with Crippen LogP contribution in [0.3, 0.4) is 0 Å². The lowest BCUT2D eigenvalue weighted by atomic mass is 10.2. The van der Waals surface area contributed by atoms with Gasteiger partial charge in [-0.3, -0.25) is 9.59 Å². The van der Waals surface area contributed by atoms with Gasteiger partial charge in [0.1, 0.15) is 0 Å². The molecule has 2 atom stereocenters. The van der Waals surface area contributed by atoms with E-state index in [-0.39, 0.29) is 18.4 Å². The van der Waals surface area contributed by atoms with E-state index >= 15 is 0 Å². The second-order valence-electron chi connectivity index (χ2n) is 5.92. The first kappa shape index (κ1) is 20.5. The molecule has 0 spiro atoms. The summed E-state index contributed by atoms with van der Waals surface area (Å²) in [6.07, 6.45) is 0. The predicted molar refractivity (Wildman–Crippen MR) is 106 cm³/mol. The summed E-state index contributed by atoms with van der Waals surface area (Å²) in [4.78, 5) is 25.3. The van der Waals surface area contributed by atoms with Crippen molar-refractivity contribution in [1.29, 1.82) is 0 Å². The molecule has 0 heterocycles. The maximum Gasteiger partial charge on any atom is 0.282 e. The summed E-state index contributed by atoms with van der Waals surface area (Å²) in [7, 11) is 1.78. The van der Waals surface area contributed by atoms with Crippen LogP contribution in [0.25, 0.3) is 0 Å². The Morgan fingerprint density at radius 2 is 1.58 bits per heavy atom. The fourth-order valence-corrected chi connectivity index (χ4v) is 2.62. The van der Waals surface area contributed by atoms with Crippen LogP contribution < -0.4 is 15.5 Å². The Labute approximate surface area is 167 Å². The van der Waals surface area contributed by atoms with Crippen molar-refractivity contribution in [2.45, 2.75) is 13.0 Å². The summed E-state index contributed by atoms with van der Waals surface area (Å²) in [6, 6.07) is 11.3. The lowest BCUT2D eigenvalue weighted by Gasteiger charge is -2.20. The predicted octanol–water partition coefficient (Wildman–Crippen LogP) is 3.13. The third-order valence-electron chi connectivity index (χ3n) is 3.89. The molecule has 0 aromatic heterocycles. The molecular weight excluding hydrogens is 397 g/mol. The largest absolute Gasteiger partial charge is 0.321 e. The van der Waals surface area contributed by atoms with E-state index in [9.17, 15) is 9.59 Å². The Balaban J connectivity index is 1.89. The van der Waals surface area contributed by atoms with Crippen LogP contribution in [-0.2, 0) is 9.59 Å². The summed E-state index contributed by atoms with van der Waals surface area (Å²) in [6.45, 7) is 1.88. The van der Waals surface area contributed by atoms with Crippen molar-refractivity contribution >= 4 is 58.0 Å². The summed E-state index contributed by atoms with van der Waals surface area (Å²) < 4.78 is 0. The number of benzene rings is 2. The number of halogens is 3. The average Bonchev–Trinajstić information content (AvgIpc) is 2.59. The molecule has 3 N–H and O–H groups in total. The zero-order chi connectivity index (χ0) is 19.3. The van der Waals surface area contributed by atoms with Crippen molar-refractivity contribution in [2.24, 2.45) is 0 Å². The van der Waals surface area contributed by atoms with Crippen LogP contribution in [0.2, 0.25) is 15.1 Å². The van der Waals surface area contributed by atoms with Crippen LogP contribution in [-0.4, -0.2) is 31.4 Å². The zero-order valence-corrected chi connectivity index (χ0v) is 16.5. The second-order valence-corrected chi connectivity index (χ2v) is 7.17. The SMILES string of the molecule is C[C@H](C(=O)Nc1ccc(Cl)cc1)[NH+](C)CC(=O)Nc1ccc(Cl)c(Cl)c1. The number of carbonyl (C=O) groups excluding carboxylic acids is 2. The van der Waals surface area contributed by atoms with E-state index in [0.717, 1.165) is 4.90 Å². The van der Waals surface area contributed by atoms with Gasteiger partial charge in [0.25, 0.3) is 11.8 Å². The number of amides is 2. The van der Waals surface area contributed by atoms with Gasteiger partial charge in [-0.05, 0) is 49.4 Å². The van der Waals surface area contributed by atoms with Gasteiger partial charge in [-0.25, -0.2) is 0 Å². The Morgan fingerprint density at radius 3 is 2.19 bits per heavy atom. The Kier molecular flexibility index (Phi) is 7.29. The van der Waals surface area contributed by atoms with Crippen LogP contribution >= 0.6 is 34.8 Å². The van der Waals surface area contributed by atoms with Gasteiger partial charge in [0, 0.05) is 16.4 Å². The number of hydrogen-bond donors (Lipinski definition) is 3. The van der Waals surface area contributed by atoms with E-state index < -0.39 is 6.04 Å². The topological polar surface area (TPSA) is 62.6 Å². The molecule has 0 radical (unpaired) electrons. The molecule has 8 heteroatoms. The van der Waals surface area contributed by atoms with E-state index in [2.05, 4.69) is 10.6 Å². The Bertz CT molecular complexity index is 797. The lowest BCUT2D eigenvalue weighted by Crippen LogP contribution is -3.14. The molecule has 0 fully saturated rings. The van der Waals surface area contributed by atoms with E-state index in [1.165, 1.54) is 0 Å². The molecular formula is C18H19Cl3N3O2+. The number of carbonyl (C=O) groups is 2. The minimum atomic E-state index is -0.426. The van der Waals surface area contributed by atoms with Crippen molar-refractivity contribution in [1.82, 2.24) is 0 Å². The molecule has 0 saturated heterocycles. The monoisotopic (exact) mass is 414 g/mol. The molecule has 0 saturated carbocycles. The van der Waals surface area contributed by atoms with Crippen molar-refractivity contribution in [3.63, 3.8) is 0 Å². The first-order valence-corrected chi connectivity index (χ1v) is 9.03. The molecule has 2 aromatic carbocycles. The van der Waals surface area contributed by atoms with E-state index in [1.54, 1.807) is 56.4 Å². The van der Waals surface area contributed by atoms with Gasteiger partial charge in [-0.15, -0.1) is 0 Å². The molecule has 0 bridgehead atoms. The molecule has 2 rings (SSSR count). The highest BCUT2D eigenvalue weighted by molar-refractivity contribution is 6.42. The Hall–Kier alpha value is -1.79. The van der Waals surface area contributed by atoms with Gasteiger partial charge in [-0.1, -0.05) is 34.8 Å². The minimum Gasteiger partial charge on any atom is -0.321 e.